The number of carboxylic acid groups (broad SMARTS) is 1. The van der Waals surface area contributed by atoms with E-state index in [0.29, 0.717) is 5.70 Å². The summed E-state index contributed by atoms with van der Waals surface area (Å²) < 4.78 is 0. The van der Waals surface area contributed by atoms with E-state index in [1.165, 1.54) is 0 Å². The maximum atomic E-state index is 10.6. The Morgan fingerprint density at radius 3 is 2.33 bits per heavy atom. The van der Waals surface area contributed by atoms with Crippen LogP contribution < -0.4 is 5.32 Å². The lowest BCUT2D eigenvalue weighted by atomic mass is 10.1. The van der Waals surface area contributed by atoms with Crippen LogP contribution in [0.5, 0.6) is 0 Å². The third kappa shape index (κ3) is 7.06. The second-order valence-corrected chi connectivity index (χ2v) is 3.59. The van der Waals surface area contributed by atoms with Crippen molar-refractivity contribution in [3.63, 3.8) is 0 Å². The molecule has 0 aromatic rings. The highest BCUT2D eigenvalue weighted by Crippen LogP contribution is 2.07. The van der Waals surface area contributed by atoms with Crippen molar-refractivity contribution in [3.05, 3.63) is 72.7 Å². The third-order valence-corrected chi connectivity index (χ3v) is 2.14. The Labute approximate surface area is 108 Å². The van der Waals surface area contributed by atoms with Crippen LogP contribution in [0.15, 0.2) is 72.7 Å². The molecule has 0 saturated heterocycles. The highest BCUT2D eigenvalue weighted by atomic mass is 16.4. The fraction of sp³-hybridized carbons (Fsp3) is 0.133. The molecule has 0 heterocycles. The van der Waals surface area contributed by atoms with Crippen LogP contribution in [0.4, 0.5) is 0 Å². The molecule has 0 saturated carbocycles. The molecule has 0 aromatic heterocycles. The highest BCUT2D eigenvalue weighted by molar-refractivity contribution is 5.81. The van der Waals surface area contributed by atoms with Gasteiger partial charge in [0.15, 0.2) is 0 Å². The van der Waals surface area contributed by atoms with Gasteiger partial charge in [-0.25, -0.2) is 4.79 Å². The van der Waals surface area contributed by atoms with Crippen molar-refractivity contribution in [2.75, 3.05) is 0 Å². The number of allylic oxidation sites excluding steroid dienone is 7. The molecule has 0 rings (SSSR count). The Hall–Kier alpha value is -2.29. The highest BCUT2D eigenvalue weighted by Gasteiger charge is 1.96. The van der Waals surface area contributed by atoms with E-state index in [1.54, 1.807) is 30.5 Å². The van der Waals surface area contributed by atoms with Gasteiger partial charge in [0.1, 0.15) is 0 Å². The van der Waals surface area contributed by atoms with E-state index in [9.17, 15) is 4.79 Å². The topological polar surface area (TPSA) is 49.3 Å². The number of rotatable bonds is 7. The first-order valence-corrected chi connectivity index (χ1v) is 5.48. The first-order chi connectivity index (χ1) is 8.51. The van der Waals surface area contributed by atoms with Crippen LogP contribution in [0.1, 0.15) is 13.8 Å². The Kier molecular flexibility index (Phi) is 7.69. The second kappa shape index (κ2) is 8.82. The van der Waals surface area contributed by atoms with Crippen LogP contribution in [-0.2, 0) is 4.79 Å². The maximum absolute atomic E-state index is 10.6. The molecule has 3 heteroatoms. The zero-order chi connectivity index (χ0) is 14.0. The summed E-state index contributed by atoms with van der Waals surface area (Å²) >= 11 is 0. The van der Waals surface area contributed by atoms with Gasteiger partial charge in [0.05, 0.1) is 0 Å². The largest absolute Gasteiger partial charge is 0.478 e. The van der Waals surface area contributed by atoms with E-state index in [1.807, 2.05) is 19.9 Å². The molecule has 18 heavy (non-hydrogen) atoms. The van der Waals surface area contributed by atoms with Crippen molar-refractivity contribution in [2.24, 2.45) is 0 Å². The molecule has 2 N–H and O–H groups in total. The Morgan fingerprint density at radius 1 is 1.17 bits per heavy atom. The Balaban J connectivity index is 4.91. The predicted molar refractivity (Wildman–Crippen MR) is 75.9 cm³/mol. The SMILES string of the molecule is C=C/C=C\C(=C\C(=O)O)N/C=C(C)/C(C)=C\C=C. The molecule has 0 bridgehead atoms. The fourth-order valence-corrected chi connectivity index (χ4v) is 1.06. The van der Waals surface area contributed by atoms with Crippen molar-refractivity contribution in [1.82, 2.24) is 5.32 Å². The van der Waals surface area contributed by atoms with E-state index in [2.05, 4.69) is 18.5 Å². The third-order valence-electron chi connectivity index (χ3n) is 2.14. The van der Waals surface area contributed by atoms with E-state index in [4.69, 9.17) is 5.11 Å². The standard InChI is InChI=1S/C15H19NO2/c1-5-7-9-14(10-15(17)18)16-11-13(4)12(3)8-6-2/h5-11,16H,1-2H2,3-4H3,(H,17,18)/b9-7-,12-8-,13-11+,14-10-. The van der Waals surface area contributed by atoms with Crippen LogP contribution in [0, 0.1) is 0 Å². The average Bonchev–Trinajstić information content (AvgIpc) is 2.31. The van der Waals surface area contributed by atoms with Crippen LogP contribution in [0.2, 0.25) is 0 Å². The molecule has 0 fully saturated rings. The van der Waals surface area contributed by atoms with Crippen LogP contribution in [-0.4, -0.2) is 11.1 Å². The van der Waals surface area contributed by atoms with Gasteiger partial charge in [-0.1, -0.05) is 37.5 Å². The van der Waals surface area contributed by atoms with Crippen LogP contribution >= 0.6 is 0 Å². The molecule has 0 unspecified atom stereocenters. The molecular formula is C15H19NO2. The minimum absolute atomic E-state index is 0.480. The summed E-state index contributed by atoms with van der Waals surface area (Å²) in [5.41, 5.74) is 2.53. The van der Waals surface area contributed by atoms with Gasteiger partial charge >= 0.3 is 5.97 Å². The monoisotopic (exact) mass is 245 g/mol. The van der Waals surface area contributed by atoms with E-state index < -0.39 is 5.97 Å². The molecule has 0 aliphatic carbocycles. The number of hydrogen-bond donors (Lipinski definition) is 2. The average molecular weight is 245 g/mol. The molecule has 96 valence electrons. The maximum Gasteiger partial charge on any atom is 0.330 e. The number of carboxylic acids is 1. The number of nitrogens with one attached hydrogen (secondary N) is 1. The van der Waals surface area contributed by atoms with Gasteiger partial charge in [-0.05, 0) is 31.1 Å². The van der Waals surface area contributed by atoms with Gasteiger partial charge in [-0.3, -0.25) is 0 Å². The van der Waals surface area contributed by atoms with Gasteiger partial charge < -0.3 is 10.4 Å². The molecule has 3 nitrogen and oxygen atoms in total. The molecule has 0 spiro atoms. The number of carbonyl (C=O) groups is 1. The first kappa shape index (κ1) is 15.7. The van der Waals surface area contributed by atoms with Gasteiger partial charge in [0, 0.05) is 18.0 Å². The number of hydrogen-bond acceptors (Lipinski definition) is 2. The summed E-state index contributed by atoms with van der Waals surface area (Å²) in [6, 6.07) is 0. The smallest absolute Gasteiger partial charge is 0.330 e. The fourth-order valence-electron chi connectivity index (χ4n) is 1.06. The zero-order valence-electron chi connectivity index (χ0n) is 10.8. The molecule has 0 radical (unpaired) electrons. The normalized spacial score (nSPS) is 13.6. The summed E-state index contributed by atoms with van der Waals surface area (Å²) in [7, 11) is 0. The van der Waals surface area contributed by atoms with Crippen molar-refractivity contribution in [3.8, 4) is 0 Å². The predicted octanol–water partition coefficient (Wildman–Crippen LogP) is 3.32. The molecule has 0 aromatic carbocycles. The quantitative estimate of drug-likeness (QED) is 0.534. The summed E-state index contributed by atoms with van der Waals surface area (Å²) in [5, 5.41) is 11.7. The molecule has 0 aliphatic rings. The van der Waals surface area contributed by atoms with Crippen molar-refractivity contribution < 1.29 is 9.90 Å². The lowest BCUT2D eigenvalue weighted by Crippen LogP contribution is -2.06. The summed E-state index contributed by atoms with van der Waals surface area (Å²) in [5.74, 6) is -1.00. The summed E-state index contributed by atoms with van der Waals surface area (Å²) in [6.45, 7) is 11.0. The van der Waals surface area contributed by atoms with E-state index >= 15 is 0 Å². The lowest BCUT2D eigenvalue weighted by molar-refractivity contribution is -0.131. The van der Waals surface area contributed by atoms with E-state index in [0.717, 1.165) is 17.2 Å². The number of aliphatic carboxylic acids is 1. The van der Waals surface area contributed by atoms with Crippen molar-refractivity contribution >= 4 is 5.97 Å². The van der Waals surface area contributed by atoms with Crippen molar-refractivity contribution in [2.45, 2.75) is 13.8 Å². The molecule has 0 aliphatic heterocycles. The first-order valence-electron chi connectivity index (χ1n) is 5.48. The molecular weight excluding hydrogens is 226 g/mol. The minimum Gasteiger partial charge on any atom is -0.478 e. The lowest BCUT2D eigenvalue weighted by Gasteiger charge is -2.04. The molecule has 0 amide bonds. The minimum atomic E-state index is -1.00. The molecule has 0 atom stereocenters. The zero-order valence-corrected chi connectivity index (χ0v) is 10.8. The van der Waals surface area contributed by atoms with E-state index in [-0.39, 0.29) is 0 Å². The summed E-state index contributed by atoms with van der Waals surface area (Å²) in [4.78, 5) is 10.6. The summed E-state index contributed by atoms with van der Waals surface area (Å²) in [6.07, 6.45) is 11.3. The van der Waals surface area contributed by atoms with Crippen LogP contribution in [0.25, 0.3) is 0 Å². The van der Waals surface area contributed by atoms with Gasteiger partial charge in [-0.2, -0.15) is 0 Å². The Morgan fingerprint density at radius 2 is 1.83 bits per heavy atom. The van der Waals surface area contributed by atoms with Gasteiger partial charge in [0.2, 0.25) is 0 Å². The van der Waals surface area contributed by atoms with Gasteiger partial charge in [0.25, 0.3) is 0 Å². The second-order valence-electron chi connectivity index (χ2n) is 3.59. The van der Waals surface area contributed by atoms with Crippen LogP contribution in [0.3, 0.4) is 0 Å². The Bertz CT molecular complexity index is 437. The van der Waals surface area contributed by atoms with Crippen molar-refractivity contribution in [1.29, 1.82) is 0 Å². The van der Waals surface area contributed by atoms with Gasteiger partial charge in [-0.15, -0.1) is 0 Å².